The Labute approximate surface area is 117 Å². The zero-order chi connectivity index (χ0) is 13.7. The first-order valence-corrected chi connectivity index (χ1v) is 7.56. The highest BCUT2D eigenvalue weighted by Crippen LogP contribution is 2.14. The van der Waals surface area contributed by atoms with Crippen LogP contribution in [0, 0.1) is 6.92 Å². The maximum atomic E-state index is 12.0. The molecule has 0 aliphatic carbocycles. The van der Waals surface area contributed by atoms with Crippen molar-refractivity contribution in [2.45, 2.75) is 37.9 Å². The summed E-state index contributed by atoms with van der Waals surface area (Å²) in [5.74, 6) is 0.736. The molecular weight excluding hydrogens is 262 g/mol. The fourth-order valence-electron chi connectivity index (χ4n) is 1.95. The lowest BCUT2D eigenvalue weighted by Crippen LogP contribution is -2.32. The first-order valence-electron chi connectivity index (χ1n) is 6.57. The predicted octanol–water partition coefficient (Wildman–Crippen LogP) is 1.81. The van der Waals surface area contributed by atoms with Gasteiger partial charge in [0.25, 0.3) is 5.91 Å². The van der Waals surface area contributed by atoms with Crippen molar-refractivity contribution in [3.8, 4) is 0 Å². The van der Waals surface area contributed by atoms with Crippen LogP contribution in [0.15, 0.2) is 11.2 Å². The Kier molecular flexibility index (Phi) is 5.15. The largest absolute Gasteiger partial charge is 0.376 e. The molecule has 1 aromatic rings. The zero-order valence-electron chi connectivity index (χ0n) is 11.3. The molecule has 0 aromatic carbocycles. The number of aromatic nitrogens is 2. The van der Waals surface area contributed by atoms with Gasteiger partial charge in [-0.15, -0.1) is 0 Å². The Morgan fingerprint density at radius 1 is 1.58 bits per heavy atom. The van der Waals surface area contributed by atoms with Crippen molar-refractivity contribution in [1.29, 1.82) is 0 Å². The molecule has 5 nitrogen and oxygen atoms in total. The summed E-state index contributed by atoms with van der Waals surface area (Å²) in [5, 5.41) is 3.53. The minimum Gasteiger partial charge on any atom is -0.376 e. The van der Waals surface area contributed by atoms with E-state index in [9.17, 15) is 4.79 Å². The minimum atomic E-state index is -0.154. The van der Waals surface area contributed by atoms with E-state index < -0.39 is 0 Å². The van der Waals surface area contributed by atoms with Crippen LogP contribution < -0.4 is 5.32 Å². The fourth-order valence-corrected chi connectivity index (χ4v) is 2.58. The van der Waals surface area contributed by atoms with E-state index in [-0.39, 0.29) is 12.0 Å². The van der Waals surface area contributed by atoms with Crippen LogP contribution in [-0.2, 0) is 4.74 Å². The van der Waals surface area contributed by atoms with E-state index in [1.54, 1.807) is 6.07 Å². The van der Waals surface area contributed by atoms with Gasteiger partial charge in [-0.1, -0.05) is 18.7 Å². The van der Waals surface area contributed by atoms with Crippen LogP contribution in [0.4, 0.5) is 0 Å². The van der Waals surface area contributed by atoms with Crippen molar-refractivity contribution in [2.75, 3.05) is 18.9 Å². The van der Waals surface area contributed by atoms with Crippen molar-refractivity contribution in [1.82, 2.24) is 15.3 Å². The van der Waals surface area contributed by atoms with Crippen LogP contribution in [0.5, 0.6) is 0 Å². The van der Waals surface area contributed by atoms with Gasteiger partial charge in [-0.2, -0.15) is 0 Å². The van der Waals surface area contributed by atoms with Crippen LogP contribution in [0.1, 0.15) is 35.9 Å². The minimum absolute atomic E-state index is 0.149. The summed E-state index contributed by atoms with van der Waals surface area (Å²) in [7, 11) is 0. The normalized spacial score (nSPS) is 18.5. The van der Waals surface area contributed by atoms with E-state index in [4.69, 9.17) is 4.74 Å². The summed E-state index contributed by atoms with van der Waals surface area (Å²) >= 11 is 1.54. The third-order valence-corrected chi connectivity index (χ3v) is 3.58. The molecule has 1 N–H and O–H groups in total. The molecule has 1 saturated heterocycles. The molecule has 1 amide bonds. The smallest absolute Gasteiger partial charge is 0.270 e. The Morgan fingerprint density at radius 3 is 3.11 bits per heavy atom. The number of thioether (sulfide) groups is 1. The summed E-state index contributed by atoms with van der Waals surface area (Å²) in [6, 6.07) is 1.71. The number of amides is 1. The highest BCUT2D eigenvalue weighted by atomic mass is 32.2. The van der Waals surface area contributed by atoms with Gasteiger partial charge in [-0.05, 0) is 31.6 Å². The topological polar surface area (TPSA) is 64.1 Å². The van der Waals surface area contributed by atoms with E-state index in [1.807, 2.05) is 13.8 Å². The molecule has 6 heteroatoms. The molecule has 104 valence electrons. The number of carbonyl (C=O) groups excluding carboxylic acids is 1. The summed E-state index contributed by atoms with van der Waals surface area (Å²) < 4.78 is 5.47. The highest BCUT2D eigenvalue weighted by Gasteiger charge is 2.17. The van der Waals surface area contributed by atoms with E-state index in [2.05, 4.69) is 15.3 Å². The molecule has 1 unspecified atom stereocenters. The quantitative estimate of drug-likeness (QED) is 0.658. The Morgan fingerprint density at radius 2 is 2.42 bits per heavy atom. The van der Waals surface area contributed by atoms with Gasteiger partial charge in [0, 0.05) is 18.8 Å². The lowest BCUT2D eigenvalue weighted by atomic mass is 10.2. The van der Waals surface area contributed by atoms with Crippen LogP contribution in [0.3, 0.4) is 0 Å². The SMILES string of the molecule is CCSc1nc(C)cc(C(=O)NCC2CCCO2)n1. The van der Waals surface area contributed by atoms with Crippen molar-refractivity contribution >= 4 is 17.7 Å². The molecule has 1 atom stereocenters. The molecule has 1 aliphatic heterocycles. The molecular formula is C13H19N3O2S. The van der Waals surface area contributed by atoms with Gasteiger partial charge < -0.3 is 10.1 Å². The summed E-state index contributed by atoms with van der Waals surface area (Å²) in [5.41, 5.74) is 1.25. The lowest BCUT2D eigenvalue weighted by molar-refractivity contribution is 0.0853. The summed E-state index contributed by atoms with van der Waals surface area (Å²) in [6.45, 7) is 5.26. The van der Waals surface area contributed by atoms with Crippen LogP contribution in [-0.4, -0.2) is 40.9 Å². The molecule has 0 spiro atoms. The molecule has 1 aliphatic rings. The third kappa shape index (κ3) is 4.18. The third-order valence-electron chi connectivity index (χ3n) is 2.85. The number of nitrogens with one attached hydrogen (secondary N) is 1. The Hall–Kier alpha value is -1.14. The van der Waals surface area contributed by atoms with Gasteiger partial charge in [0.15, 0.2) is 5.16 Å². The van der Waals surface area contributed by atoms with Crippen LogP contribution in [0.25, 0.3) is 0 Å². The Balaban J connectivity index is 1.97. The maximum absolute atomic E-state index is 12.0. The van der Waals surface area contributed by atoms with Crippen LogP contribution in [0.2, 0.25) is 0 Å². The van der Waals surface area contributed by atoms with E-state index in [0.717, 1.165) is 30.9 Å². The molecule has 1 aromatic heterocycles. The van der Waals surface area contributed by atoms with Gasteiger partial charge in [-0.3, -0.25) is 4.79 Å². The van der Waals surface area contributed by atoms with Gasteiger partial charge >= 0.3 is 0 Å². The Bertz CT molecular complexity index is 448. The highest BCUT2D eigenvalue weighted by molar-refractivity contribution is 7.99. The maximum Gasteiger partial charge on any atom is 0.270 e. The second kappa shape index (κ2) is 6.86. The summed E-state index contributed by atoms with van der Waals surface area (Å²) in [4.78, 5) is 20.6. The molecule has 0 radical (unpaired) electrons. The van der Waals surface area contributed by atoms with Crippen LogP contribution >= 0.6 is 11.8 Å². The molecule has 2 rings (SSSR count). The predicted molar refractivity (Wildman–Crippen MR) is 74.5 cm³/mol. The first kappa shape index (κ1) is 14.3. The monoisotopic (exact) mass is 281 g/mol. The zero-order valence-corrected chi connectivity index (χ0v) is 12.1. The summed E-state index contributed by atoms with van der Waals surface area (Å²) in [6.07, 6.45) is 2.24. The number of aryl methyl sites for hydroxylation is 1. The number of hydrogen-bond donors (Lipinski definition) is 1. The average Bonchev–Trinajstić information content (AvgIpc) is 2.88. The molecule has 19 heavy (non-hydrogen) atoms. The number of rotatable bonds is 5. The number of ether oxygens (including phenoxy) is 1. The van der Waals surface area contributed by atoms with Crippen molar-refractivity contribution in [3.63, 3.8) is 0 Å². The molecule has 2 heterocycles. The first-order chi connectivity index (χ1) is 9.19. The lowest BCUT2D eigenvalue weighted by Gasteiger charge is -2.11. The van der Waals surface area contributed by atoms with Gasteiger partial charge in [0.1, 0.15) is 5.69 Å². The van der Waals surface area contributed by atoms with Crippen molar-refractivity contribution in [3.05, 3.63) is 17.5 Å². The van der Waals surface area contributed by atoms with Gasteiger partial charge in [-0.25, -0.2) is 9.97 Å². The standard InChI is InChI=1S/C13H19N3O2S/c1-3-19-13-15-9(2)7-11(16-13)12(17)14-8-10-5-4-6-18-10/h7,10H,3-6,8H2,1-2H3,(H,14,17). The second-order valence-electron chi connectivity index (χ2n) is 4.46. The molecule has 0 bridgehead atoms. The molecule has 1 fully saturated rings. The fraction of sp³-hybridized carbons (Fsp3) is 0.615. The van der Waals surface area contributed by atoms with Crippen molar-refractivity contribution < 1.29 is 9.53 Å². The average molecular weight is 281 g/mol. The second-order valence-corrected chi connectivity index (χ2v) is 5.69. The van der Waals surface area contributed by atoms with E-state index in [0.29, 0.717) is 17.4 Å². The van der Waals surface area contributed by atoms with Gasteiger partial charge in [0.05, 0.1) is 6.10 Å². The van der Waals surface area contributed by atoms with E-state index >= 15 is 0 Å². The van der Waals surface area contributed by atoms with Gasteiger partial charge in [0.2, 0.25) is 0 Å². The number of carbonyl (C=O) groups is 1. The van der Waals surface area contributed by atoms with E-state index in [1.165, 1.54) is 11.8 Å². The number of hydrogen-bond acceptors (Lipinski definition) is 5. The molecule has 0 saturated carbocycles. The van der Waals surface area contributed by atoms with Crippen molar-refractivity contribution in [2.24, 2.45) is 0 Å². The number of nitrogens with zero attached hydrogens (tertiary/aromatic N) is 2.